The number of fused-ring (bicyclic) bond motifs is 1. The van der Waals surface area contributed by atoms with Gasteiger partial charge in [-0.25, -0.2) is 15.0 Å². The SMILES string of the molecule is CC1(C)Cc2nc(N3CCC(c4ncc(S(F)(F)(F)(F)F)cn4)CC3)nc(NC3(CO)CCC3)c2S1=O. The van der Waals surface area contributed by atoms with Gasteiger partial charge in [0.05, 0.1) is 45.8 Å². The van der Waals surface area contributed by atoms with Gasteiger partial charge in [-0.05, 0) is 46.0 Å². The van der Waals surface area contributed by atoms with Crippen molar-refractivity contribution in [3.8, 4) is 0 Å². The lowest BCUT2D eigenvalue weighted by Gasteiger charge is -2.42. The Morgan fingerprint density at radius 1 is 1.11 bits per heavy atom. The first-order valence-corrected chi connectivity index (χ1v) is 15.1. The summed E-state index contributed by atoms with van der Waals surface area (Å²) in [5, 5.41) is 13.3. The van der Waals surface area contributed by atoms with Crippen molar-refractivity contribution in [2.45, 2.75) is 78.4 Å². The highest BCUT2D eigenvalue weighted by molar-refractivity contribution is 8.45. The lowest BCUT2D eigenvalue weighted by Crippen LogP contribution is -2.49. The van der Waals surface area contributed by atoms with Gasteiger partial charge in [0.1, 0.15) is 21.4 Å². The van der Waals surface area contributed by atoms with Gasteiger partial charge in [0, 0.05) is 25.4 Å². The van der Waals surface area contributed by atoms with Crippen LogP contribution in [0.1, 0.15) is 63.4 Å². The summed E-state index contributed by atoms with van der Waals surface area (Å²) in [4.78, 5) is 17.1. The topological polar surface area (TPSA) is 104 Å². The van der Waals surface area contributed by atoms with Crippen molar-refractivity contribution in [1.29, 1.82) is 0 Å². The van der Waals surface area contributed by atoms with Gasteiger partial charge in [0.2, 0.25) is 5.95 Å². The number of hydrogen-bond donors (Lipinski definition) is 2. The number of aliphatic hydroxyl groups is 1. The van der Waals surface area contributed by atoms with Gasteiger partial charge in [-0.3, -0.25) is 4.21 Å². The van der Waals surface area contributed by atoms with Crippen molar-refractivity contribution >= 4 is 32.8 Å². The summed E-state index contributed by atoms with van der Waals surface area (Å²) in [5.41, 5.74) is 0.197. The van der Waals surface area contributed by atoms with Gasteiger partial charge >= 0.3 is 10.2 Å². The number of halogens is 5. The normalized spacial score (nSPS) is 25.1. The van der Waals surface area contributed by atoms with Crippen LogP contribution in [0, 0.1) is 0 Å². The maximum atomic E-state index is 13.2. The number of hydrogen-bond acceptors (Lipinski definition) is 8. The Balaban J connectivity index is 1.36. The van der Waals surface area contributed by atoms with Crippen LogP contribution in [-0.4, -0.2) is 59.2 Å². The highest BCUT2D eigenvalue weighted by Crippen LogP contribution is 3.01. The molecule has 1 saturated carbocycles. The third-order valence-corrected chi connectivity index (χ3v) is 10.5. The van der Waals surface area contributed by atoms with E-state index < -0.39 is 36.2 Å². The molecule has 0 amide bonds. The predicted octanol–water partition coefficient (Wildman–Crippen LogP) is 5.08. The molecule has 2 aromatic rings. The molecule has 2 fully saturated rings. The van der Waals surface area contributed by atoms with Crippen LogP contribution in [0.4, 0.5) is 31.2 Å². The average Bonchev–Trinajstić information content (AvgIpc) is 3.03. The van der Waals surface area contributed by atoms with Crippen LogP contribution < -0.4 is 10.2 Å². The summed E-state index contributed by atoms with van der Waals surface area (Å²) in [7, 11) is -11.1. The molecule has 0 radical (unpaired) electrons. The van der Waals surface area contributed by atoms with Crippen molar-refractivity contribution in [3.63, 3.8) is 0 Å². The summed E-state index contributed by atoms with van der Waals surface area (Å²) in [6.07, 6.45) is 4.30. The molecule has 5 rings (SSSR count). The summed E-state index contributed by atoms with van der Waals surface area (Å²) in [6, 6.07) is 0. The first-order valence-electron chi connectivity index (χ1n) is 12.0. The summed E-state index contributed by atoms with van der Waals surface area (Å²) < 4.78 is 77.6. The van der Waals surface area contributed by atoms with Crippen molar-refractivity contribution < 1.29 is 28.7 Å². The molecule has 206 valence electrons. The molecular formula is C22H29F5N6O2S2. The van der Waals surface area contributed by atoms with Crippen LogP contribution in [-0.2, 0) is 17.2 Å². The Labute approximate surface area is 213 Å². The van der Waals surface area contributed by atoms with E-state index in [2.05, 4.69) is 15.3 Å². The van der Waals surface area contributed by atoms with Crippen LogP contribution in [0.3, 0.4) is 0 Å². The zero-order valence-electron chi connectivity index (χ0n) is 20.4. The number of rotatable bonds is 6. The fraction of sp³-hybridized carbons (Fsp3) is 0.636. The molecule has 8 nitrogen and oxygen atoms in total. The van der Waals surface area contributed by atoms with Gasteiger partial charge in [0.15, 0.2) is 0 Å². The Hall–Kier alpha value is -2.13. The van der Waals surface area contributed by atoms with Crippen molar-refractivity contribution in [2.75, 3.05) is 29.9 Å². The van der Waals surface area contributed by atoms with Crippen LogP contribution in [0.15, 0.2) is 22.2 Å². The summed E-state index contributed by atoms with van der Waals surface area (Å²) in [6.45, 7) is 4.66. The van der Waals surface area contributed by atoms with Gasteiger partial charge in [-0.15, -0.1) is 0 Å². The van der Waals surface area contributed by atoms with E-state index >= 15 is 0 Å². The van der Waals surface area contributed by atoms with Gasteiger partial charge in [-0.1, -0.05) is 19.4 Å². The summed E-state index contributed by atoms with van der Waals surface area (Å²) in [5.74, 6) is 0.707. The molecule has 0 aromatic carbocycles. The van der Waals surface area contributed by atoms with Crippen LogP contribution in [0.25, 0.3) is 0 Å². The number of anilines is 2. The maximum Gasteiger partial charge on any atom is 0.313 e. The van der Waals surface area contributed by atoms with E-state index in [4.69, 9.17) is 9.97 Å². The first-order chi connectivity index (χ1) is 17.0. The second-order valence-electron chi connectivity index (χ2n) is 10.8. The molecule has 4 heterocycles. The molecule has 1 unspecified atom stereocenters. The molecule has 2 aliphatic heterocycles. The third kappa shape index (κ3) is 5.01. The van der Waals surface area contributed by atoms with E-state index in [1.165, 1.54) is 0 Å². The molecule has 0 spiro atoms. The fourth-order valence-corrected chi connectivity index (χ4v) is 6.95. The molecule has 2 N–H and O–H groups in total. The second-order valence-corrected chi connectivity index (χ2v) is 15.2. The molecule has 3 aliphatic rings. The Bertz CT molecular complexity index is 1240. The second kappa shape index (κ2) is 7.94. The van der Waals surface area contributed by atoms with Gasteiger partial charge in [-0.2, -0.15) is 4.98 Å². The van der Waals surface area contributed by atoms with Gasteiger partial charge < -0.3 is 15.3 Å². The number of piperidine rings is 1. The minimum absolute atomic E-state index is 0.0661. The zero-order valence-corrected chi connectivity index (χ0v) is 22.0. The van der Waals surface area contributed by atoms with E-state index in [0.717, 1.165) is 19.3 Å². The van der Waals surface area contributed by atoms with Crippen molar-refractivity contribution in [1.82, 2.24) is 19.9 Å². The molecule has 1 saturated heterocycles. The molecule has 37 heavy (non-hydrogen) atoms. The highest BCUT2D eigenvalue weighted by atomic mass is 32.5. The van der Waals surface area contributed by atoms with Crippen molar-refractivity contribution in [3.05, 3.63) is 23.9 Å². The molecule has 1 aliphatic carbocycles. The largest absolute Gasteiger partial charge is 0.394 e. The molecule has 0 bridgehead atoms. The molecular weight excluding hydrogens is 539 g/mol. The number of aliphatic hydroxyl groups excluding tert-OH is 1. The van der Waals surface area contributed by atoms with E-state index in [1.54, 1.807) is 0 Å². The molecule has 15 heteroatoms. The monoisotopic (exact) mass is 568 g/mol. The minimum Gasteiger partial charge on any atom is -0.394 e. The smallest absolute Gasteiger partial charge is 0.313 e. The highest BCUT2D eigenvalue weighted by Gasteiger charge is 2.66. The lowest BCUT2D eigenvalue weighted by atomic mass is 9.77. The van der Waals surface area contributed by atoms with E-state index in [1.807, 2.05) is 18.7 Å². The van der Waals surface area contributed by atoms with E-state index in [9.17, 15) is 28.7 Å². The maximum absolute atomic E-state index is 13.2. The fourth-order valence-electron chi connectivity index (χ4n) is 5.02. The van der Waals surface area contributed by atoms with Crippen molar-refractivity contribution in [2.24, 2.45) is 0 Å². The first kappa shape index (κ1) is 26.5. The van der Waals surface area contributed by atoms with E-state index in [0.29, 0.717) is 54.7 Å². The number of nitrogens with one attached hydrogen (secondary N) is 1. The number of nitrogens with zero attached hydrogens (tertiary/aromatic N) is 5. The average molecular weight is 569 g/mol. The Kier molecular flexibility index (Phi) is 5.68. The summed E-state index contributed by atoms with van der Waals surface area (Å²) >= 11 is 0. The van der Waals surface area contributed by atoms with Crippen LogP contribution >= 0.6 is 10.2 Å². The van der Waals surface area contributed by atoms with Crippen LogP contribution in [0.2, 0.25) is 0 Å². The Morgan fingerprint density at radius 2 is 1.73 bits per heavy atom. The molecule has 2 aromatic heterocycles. The quantitative estimate of drug-likeness (QED) is 0.466. The van der Waals surface area contributed by atoms with Gasteiger partial charge in [0.25, 0.3) is 0 Å². The lowest BCUT2D eigenvalue weighted by molar-refractivity contribution is 0.143. The molecule has 1 atom stereocenters. The predicted molar refractivity (Wildman–Crippen MR) is 131 cm³/mol. The van der Waals surface area contributed by atoms with Crippen LogP contribution in [0.5, 0.6) is 0 Å². The number of aromatic nitrogens is 4. The van der Waals surface area contributed by atoms with E-state index in [-0.39, 0.29) is 30.7 Å². The standard InChI is InChI=1S/C22H29F5N6O2S2/c1-21(2)10-16-17(36(21)35)19(32-22(13-34)6-3-7-22)31-20(30-16)33-8-4-14(5-9-33)18-28-11-15(12-29-18)37(23,24,25,26)27/h11-12,14,34H,3-10,13H2,1-2H3,(H,30,31,32). The Morgan fingerprint density at radius 3 is 2.24 bits per heavy atom. The zero-order chi connectivity index (χ0) is 26.9. The third-order valence-electron chi connectivity index (χ3n) is 7.44. The minimum atomic E-state index is -9.81.